The summed E-state index contributed by atoms with van der Waals surface area (Å²) in [6.45, 7) is 2.77. The number of rotatable bonds is 4. The highest BCUT2D eigenvalue weighted by molar-refractivity contribution is 7.23. The zero-order valence-corrected chi connectivity index (χ0v) is 12.5. The first-order valence-corrected chi connectivity index (χ1v) is 7.39. The highest BCUT2D eigenvalue weighted by Gasteiger charge is 2.15. The van der Waals surface area contributed by atoms with Crippen LogP contribution in [0.1, 0.15) is 19.8 Å². The maximum atomic E-state index is 11.9. The average molecular weight is 298 g/mol. The summed E-state index contributed by atoms with van der Waals surface area (Å²) in [4.78, 5) is 17.9. The lowest BCUT2D eigenvalue weighted by Gasteiger charge is -2.14. The van der Waals surface area contributed by atoms with Crippen molar-refractivity contribution in [1.82, 2.24) is 10.3 Å². The molecule has 0 unspecified atom stereocenters. The van der Waals surface area contributed by atoms with Gasteiger partial charge in [-0.2, -0.15) is 0 Å². The zero-order valence-electron chi connectivity index (χ0n) is 10.9. The number of unbranched alkanes of at least 4 members (excludes halogenated alkanes) is 1. The Hall–Kier alpha value is -1.33. The first-order valence-electron chi connectivity index (χ1n) is 6.20. The molecule has 6 heteroatoms. The van der Waals surface area contributed by atoms with Crippen molar-refractivity contribution in [3.05, 3.63) is 23.2 Å². The fraction of sp³-hybridized carbons (Fsp3) is 0.385. The van der Waals surface area contributed by atoms with Gasteiger partial charge in [0.2, 0.25) is 0 Å². The maximum Gasteiger partial charge on any atom is 0.323 e. The van der Waals surface area contributed by atoms with Crippen molar-refractivity contribution in [3.8, 4) is 0 Å². The van der Waals surface area contributed by atoms with Crippen LogP contribution in [0.2, 0.25) is 5.02 Å². The van der Waals surface area contributed by atoms with E-state index < -0.39 is 0 Å². The number of fused-ring (bicyclic) bond motifs is 1. The summed E-state index contributed by atoms with van der Waals surface area (Å²) < 4.78 is 0.910. The van der Waals surface area contributed by atoms with Gasteiger partial charge < -0.3 is 5.32 Å². The van der Waals surface area contributed by atoms with Gasteiger partial charge in [-0.1, -0.05) is 42.3 Å². The van der Waals surface area contributed by atoms with Crippen LogP contribution in [-0.4, -0.2) is 24.6 Å². The summed E-state index contributed by atoms with van der Waals surface area (Å²) in [5.41, 5.74) is 0.820. The number of carbonyl (C=O) groups is 1. The molecule has 2 amide bonds. The second kappa shape index (κ2) is 6.21. The minimum atomic E-state index is -0.136. The number of hydrogen-bond donors (Lipinski definition) is 1. The molecule has 0 aliphatic rings. The number of urea groups is 1. The Balaban J connectivity index is 2.15. The Morgan fingerprint density at radius 2 is 2.32 bits per heavy atom. The van der Waals surface area contributed by atoms with Crippen molar-refractivity contribution in [3.63, 3.8) is 0 Å². The van der Waals surface area contributed by atoms with E-state index in [-0.39, 0.29) is 6.03 Å². The van der Waals surface area contributed by atoms with Gasteiger partial charge in [-0.3, -0.25) is 4.90 Å². The Labute approximate surface area is 121 Å². The van der Waals surface area contributed by atoms with E-state index in [0.29, 0.717) is 16.7 Å². The molecule has 0 aliphatic heterocycles. The van der Waals surface area contributed by atoms with Crippen LogP contribution in [-0.2, 0) is 0 Å². The Morgan fingerprint density at radius 3 is 3.00 bits per heavy atom. The molecular weight excluding hydrogens is 282 g/mol. The Kier molecular flexibility index (Phi) is 4.61. The normalized spacial score (nSPS) is 10.7. The van der Waals surface area contributed by atoms with Crippen LogP contribution < -0.4 is 10.2 Å². The molecule has 0 bridgehead atoms. The number of anilines is 1. The molecule has 1 heterocycles. The Bertz CT molecular complexity index is 584. The molecule has 0 saturated heterocycles. The van der Waals surface area contributed by atoms with E-state index >= 15 is 0 Å². The van der Waals surface area contributed by atoms with Gasteiger partial charge in [-0.05, 0) is 18.6 Å². The van der Waals surface area contributed by atoms with Gasteiger partial charge in [0.05, 0.1) is 15.2 Å². The molecule has 0 radical (unpaired) electrons. The number of amides is 2. The molecule has 2 rings (SSSR count). The number of nitrogens with one attached hydrogen (secondary N) is 1. The van der Waals surface area contributed by atoms with E-state index in [2.05, 4.69) is 17.2 Å². The fourth-order valence-corrected chi connectivity index (χ4v) is 2.84. The van der Waals surface area contributed by atoms with Gasteiger partial charge in [0.1, 0.15) is 0 Å². The van der Waals surface area contributed by atoms with E-state index in [9.17, 15) is 4.79 Å². The van der Waals surface area contributed by atoms with Gasteiger partial charge in [-0.25, -0.2) is 9.78 Å². The molecule has 2 aromatic rings. The monoisotopic (exact) mass is 297 g/mol. The van der Waals surface area contributed by atoms with Crippen molar-refractivity contribution in [1.29, 1.82) is 0 Å². The quantitative estimate of drug-likeness (QED) is 0.870. The lowest BCUT2D eigenvalue weighted by atomic mass is 10.3. The van der Waals surface area contributed by atoms with E-state index in [1.807, 2.05) is 18.2 Å². The van der Waals surface area contributed by atoms with Crippen molar-refractivity contribution < 1.29 is 4.79 Å². The van der Waals surface area contributed by atoms with Crippen molar-refractivity contribution in [2.24, 2.45) is 0 Å². The molecule has 0 aliphatic carbocycles. The number of thiazole rings is 1. The number of benzene rings is 1. The second-order valence-electron chi connectivity index (χ2n) is 4.23. The molecule has 0 fully saturated rings. The molecule has 0 saturated carbocycles. The SMILES string of the molecule is CCCCNC(=O)N(C)c1nc2cccc(Cl)c2s1. The summed E-state index contributed by atoms with van der Waals surface area (Å²) in [6, 6.07) is 5.44. The predicted octanol–water partition coefficient (Wildman–Crippen LogP) is 3.90. The average Bonchev–Trinajstić information content (AvgIpc) is 2.83. The van der Waals surface area contributed by atoms with Crippen LogP contribution >= 0.6 is 22.9 Å². The number of halogens is 1. The highest BCUT2D eigenvalue weighted by atomic mass is 35.5. The van der Waals surface area contributed by atoms with Crippen LogP contribution in [0.4, 0.5) is 9.93 Å². The molecule has 1 N–H and O–H groups in total. The lowest BCUT2D eigenvalue weighted by Crippen LogP contribution is -2.37. The summed E-state index contributed by atoms with van der Waals surface area (Å²) >= 11 is 7.53. The third-order valence-electron chi connectivity index (χ3n) is 2.75. The van der Waals surface area contributed by atoms with E-state index in [0.717, 1.165) is 23.1 Å². The van der Waals surface area contributed by atoms with Gasteiger partial charge in [-0.15, -0.1) is 0 Å². The van der Waals surface area contributed by atoms with Crippen molar-refractivity contribution >= 4 is 44.3 Å². The van der Waals surface area contributed by atoms with Crippen LogP contribution in [0.25, 0.3) is 10.2 Å². The topological polar surface area (TPSA) is 45.2 Å². The molecule has 1 aromatic carbocycles. The fourth-order valence-electron chi connectivity index (χ4n) is 1.62. The summed E-state index contributed by atoms with van der Waals surface area (Å²) in [5.74, 6) is 0. The summed E-state index contributed by atoms with van der Waals surface area (Å²) in [7, 11) is 1.72. The molecule has 1 aromatic heterocycles. The molecule has 19 heavy (non-hydrogen) atoms. The summed E-state index contributed by atoms with van der Waals surface area (Å²) in [5, 5.41) is 4.18. The number of carbonyl (C=O) groups excluding carboxylic acids is 1. The van der Waals surface area contributed by atoms with Crippen LogP contribution in [0.15, 0.2) is 18.2 Å². The molecule has 0 spiro atoms. The smallest absolute Gasteiger partial charge is 0.323 e. The van der Waals surface area contributed by atoms with Gasteiger partial charge >= 0.3 is 6.03 Å². The Morgan fingerprint density at radius 1 is 1.53 bits per heavy atom. The third-order valence-corrected chi connectivity index (χ3v) is 4.36. The first kappa shape index (κ1) is 14.1. The van der Waals surface area contributed by atoms with Gasteiger partial charge in [0.25, 0.3) is 0 Å². The highest BCUT2D eigenvalue weighted by Crippen LogP contribution is 2.33. The van der Waals surface area contributed by atoms with Crippen LogP contribution in [0.5, 0.6) is 0 Å². The lowest BCUT2D eigenvalue weighted by molar-refractivity contribution is 0.247. The molecule has 0 atom stereocenters. The predicted molar refractivity (Wildman–Crippen MR) is 81.3 cm³/mol. The van der Waals surface area contributed by atoms with Crippen LogP contribution in [0, 0.1) is 0 Å². The molecular formula is C13H16ClN3OS. The van der Waals surface area contributed by atoms with Crippen LogP contribution in [0.3, 0.4) is 0 Å². The maximum absolute atomic E-state index is 11.9. The van der Waals surface area contributed by atoms with E-state index in [4.69, 9.17) is 11.6 Å². The van der Waals surface area contributed by atoms with E-state index in [1.54, 1.807) is 7.05 Å². The standard InChI is InChI=1S/C13H16ClN3OS/c1-3-4-8-15-12(18)17(2)13-16-10-7-5-6-9(14)11(10)19-13/h5-7H,3-4,8H2,1-2H3,(H,15,18). The van der Waals surface area contributed by atoms with Gasteiger partial charge in [0.15, 0.2) is 5.13 Å². The summed E-state index contributed by atoms with van der Waals surface area (Å²) in [6.07, 6.45) is 2.03. The molecule has 4 nitrogen and oxygen atoms in total. The van der Waals surface area contributed by atoms with E-state index in [1.165, 1.54) is 16.2 Å². The van der Waals surface area contributed by atoms with Crippen molar-refractivity contribution in [2.75, 3.05) is 18.5 Å². The second-order valence-corrected chi connectivity index (χ2v) is 5.61. The molecule has 102 valence electrons. The van der Waals surface area contributed by atoms with Crippen molar-refractivity contribution in [2.45, 2.75) is 19.8 Å². The third kappa shape index (κ3) is 3.16. The largest absolute Gasteiger partial charge is 0.338 e. The minimum absolute atomic E-state index is 0.136. The minimum Gasteiger partial charge on any atom is -0.338 e. The first-order chi connectivity index (χ1) is 9.13. The number of nitrogens with zero attached hydrogens (tertiary/aromatic N) is 2. The number of hydrogen-bond acceptors (Lipinski definition) is 3. The zero-order chi connectivity index (χ0) is 13.8. The number of aromatic nitrogens is 1. The van der Waals surface area contributed by atoms with Gasteiger partial charge in [0, 0.05) is 13.6 Å².